The summed E-state index contributed by atoms with van der Waals surface area (Å²) in [6.45, 7) is 4.64. The van der Waals surface area contributed by atoms with Gasteiger partial charge < -0.3 is 5.32 Å². The van der Waals surface area contributed by atoms with Crippen LogP contribution in [0.2, 0.25) is 5.02 Å². The lowest BCUT2D eigenvalue weighted by molar-refractivity contribution is 0.629. The molecule has 1 aliphatic carbocycles. The van der Waals surface area contributed by atoms with Gasteiger partial charge in [-0.25, -0.2) is 4.39 Å². The van der Waals surface area contributed by atoms with E-state index in [2.05, 4.69) is 5.32 Å². The number of hydrogen-bond acceptors (Lipinski definition) is 1. The molecule has 110 valence electrons. The van der Waals surface area contributed by atoms with Gasteiger partial charge in [-0.05, 0) is 55.5 Å². The number of hydrogen-bond donors (Lipinski definition) is 1. The fraction of sp³-hybridized carbons (Fsp3) is 0.333. The Kier molecular flexibility index (Phi) is 4.01. The first kappa shape index (κ1) is 14.6. The van der Waals surface area contributed by atoms with Crippen molar-refractivity contribution < 1.29 is 4.39 Å². The number of aryl methyl sites for hydroxylation is 2. The smallest absolute Gasteiger partial charge is 0.131 e. The molecule has 0 spiro atoms. The van der Waals surface area contributed by atoms with Crippen LogP contribution in [0.3, 0.4) is 0 Å². The molecule has 2 aromatic carbocycles. The molecule has 1 nitrogen and oxygen atoms in total. The zero-order chi connectivity index (χ0) is 15.0. The van der Waals surface area contributed by atoms with Crippen molar-refractivity contribution in [3.05, 3.63) is 57.9 Å². The normalized spacial score (nSPS) is 14.5. The van der Waals surface area contributed by atoms with E-state index in [0.29, 0.717) is 16.6 Å². The van der Waals surface area contributed by atoms with E-state index in [9.17, 15) is 4.39 Å². The molecule has 0 aromatic heterocycles. The SMILES string of the molecule is Cc1cc(C)c(-c2ccc(CNC3CC3)cc2Cl)c(F)c1. The highest BCUT2D eigenvalue weighted by atomic mass is 35.5. The second-order valence-electron chi connectivity index (χ2n) is 5.91. The Morgan fingerprint density at radius 2 is 1.95 bits per heavy atom. The molecule has 0 unspecified atom stereocenters. The maximum Gasteiger partial charge on any atom is 0.131 e. The van der Waals surface area contributed by atoms with Gasteiger partial charge in [0.2, 0.25) is 0 Å². The van der Waals surface area contributed by atoms with E-state index < -0.39 is 0 Å². The van der Waals surface area contributed by atoms with Crippen LogP contribution < -0.4 is 5.32 Å². The third-order valence-corrected chi connectivity index (χ3v) is 4.22. The van der Waals surface area contributed by atoms with Gasteiger partial charge in [0.15, 0.2) is 0 Å². The van der Waals surface area contributed by atoms with Crippen LogP contribution in [-0.4, -0.2) is 6.04 Å². The molecule has 1 fully saturated rings. The van der Waals surface area contributed by atoms with Crippen molar-refractivity contribution >= 4 is 11.6 Å². The van der Waals surface area contributed by atoms with E-state index in [1.165, 1.54) is 12.8 Å². The molecule has 0 bridgehead atoms. The summed E-state index contributed by atoms with van der Waals surface area (Å²) in [6, 6.07) is 10.1. The van der Waals surface area contributed by atoms with E-state index in [-0.39, 0.29) is 5.82 Å². The Morgan fingerprint density at radius 3 is 2.57 bits per heavy atom. The van der Waals surface area contributed by atoms with E-state index in [0.717, 1.165) is 28.8 Å². The van der Waals surface area contributed by atoms with Gasteiger partial charge in [0, 0.05) is 28.7 Å². The number of halogens is 2. The van der Waals surface area contributed by atoms with Gasteiger partial charge in [-0.2, -0.15) is 0 Å². The fourth-order valence-electron chi connectivity index (χ4n) is 2.68. The molecule has 1 aliphatic rings. The Balaban J connectivity index is 1.91. The molecule has 21 heavy (non-hydrogen) atoms. The summed E-state index contributed by atoms with van der Waals surface area (Å²) < 4.78 is 14.3. The minimum absolute atomic E-state index is 0.210. The van der Waals surface area contributed by atoms with Crippen LogP contribution in [-0.2, 0) is 6.54 Å². The maximum absolute atomic E-state index is 14.3. The molecule has 0 aliphatic heterocycles. The summed E-state index contributed by atoms with van der Waals surface area (Å²) in [5, 5.41) is 4.06. The molecule has 1 N–H and O–H groups in total. The zero-order valence-electron chi connectivity index (χ0n) is 12.3. The van der Waals surface area contributed by atoms with Crippen molar-refractivity contribution in [1.82, 2.24) is 5.32 Å². The minimum Gasteiger partial charge on any atom is -0.310 e. The molecular formula is C18H19ClFN. The van der Waals surface area contributed by atoms with Crippen molar-refractivity contribution in [2.24, 2.45) is 0 Å². The van der Waals surface area contributed by atoms with Crippen LogP contribution in [0.5, 0.6) is 0 Å². The molecule has 3 rings (SSSR count). The first-order valence-corrected chi connectivity index (χ1v) is 7.71. The predicted molar refractivity (Wildman–Crippen MR) is 86.2 cm³/mol. The molecule has 0 heterocycles. The van der Waals surface area contributed by atoms with E-state index in [1.54, 1.807) is 6.07 Å². The summed E-state index contributed by atoms with van der Waals surface area (Å²) >= 11 is 6.38. The van der Waals surface area contributed by atoms with Crippen molar-refractivity contribution in [2.45, 2.75) is 39.3 Å². The summed E-state index contributed by atoms with van der Waals surface area (Å²) in [5.74, 6) is -0.210. The number of rotatable bonds is 4. The molecule has 0 radical (unpaired) electrons. The van der Waals surface area contributed by atoms with Crippen LogP contribution in [0.25, 0.3) is 11.1 Å². The molecular weight excluding hydrogens is 285 g/mol. The van der Waals surface area contributed by atoms with Gasteiger partial charge in [0.05, 0.1) is 0 Å². The van der Waals surface area contributed by atoms with Gasteiger partial charge in [-0.1, -0.05) is 29.8 Å². The maximum atomic E-state index is 14.3. The highest BCUT2D eigenvalue weighted by molar-refractivity contribution is 6.33. The van der Waals surface area contributed by atoms with Crippen LogP contribution in [0.15, 0.2) is 30.3 Å². The van der Waals surface area contributed by atoms with Gasteiger partial charge in [-0.15, -0.1) is 0 Å². The first-order valence-electron chi connectivity index (χ1n) is 7.33. The Bertz CT molecular complexity index is 654. The Morgan fingerprint density at radius 1 is 1.19 bits per heavy atom. The highest BCUT2D eigenvalue weighted by Gasteiger charge is 2.20. The van der Waals surface area contributed by atoms with Crippen LogP contribution in [0.4, 0.5) is 4.39 Å². The Labute approximate surface area is 130 Å². The third-order valence-electron chi connectivity index (χ3n) is 3.91. The predicted octanol–water partition coefficient (Wildman–Crippen LogP) is 5.01. The third kappa shape index (κ3) is 3.28. The summed E-state index contributed by atoms with van der Waals surface area (Å²) in [4.78, 5) is 0. The number of benzene rings is 2. The monoisotopic (exact) mass is 303 g/mol. The summed E-state index contributed by atoms with van der Waals surface area (Å²) in [5.41, 5.74) is 4.35. The second kappa shape index (κ2) is 5.78. The molecule has 2 aromatic rings. The zero-order valence-corrected chi connectivity index (χ0v) is 13.1. The van der Waals surface area contributed by atoms with E-state index in [1.807, 2.05) is 38.1 Å². The average Bonchev–Trinajstić information content (AvgIpc) is 3.21. The largest absolute Gasteiger partial charge is 0.310 e. The van der Waals surface area contributed by atoms with Crippen molar-refractivity contribution in [1.29, 1.82) is 0 Å². The topological polar surface area (TPSA) is 12.0 Å². The van der Waals surface area contributed by atoms with Crippen LogP contribution in [0, 0.1) is 19.7 Å². The van der Waals surface area contributed by atoms with Gasteiger partial charge in [0.1, 0.15) is 5.82 Å². The Hall–Kier alpha value is -1.38. The van der Waals surface area contributed by atoms with Crippen LogP contribution >= 0.6 is 11.6 Å². The van der Waals surface area contributed by atoms with Gasteiger partial charge >= 0.3 is 0 Å². The van der Waals surface area contributed by atoms with Crippen molar-refractivity contribution in [2.75, 3.05) is 0 Å². The van der Waals surface area contributed by atoms with Crippen LogP contribution in [0.1, 0.15) is 29.5 Å². The molecule has 3 heteroatoms. The second-order valence-corrected chi connectivity index (χ2v) is 6.32. The lowest BCUT2D eigenvalue weighted by Crippen LogP contribution is -2.15. The van der Waals surface area contributed by atoms with Crippen molar-refractivity contribution in [3.8, 4) is 11.1 Å². The molecule has 0 atom stereocenters. The van der Waals surface area contributed by atoms with E-state index >= 15 is 0 Å². The fourth-order valence-corrected chi connectivity index (χ4v) is 2.98. The highest BCUT2D eigenvalue weighted by Crippen LogP contribution is 2.34. The average molecular weight is 304 g/mol. The number of nitrogens with one attached hydrogen (secondary N) is 1. The summed E-state index contributed by atoms with van der Waals surface area (Å²) in [7, 11) is 0. The molecule has 0 amide bonds. The lowest BCUT2D eigenvalue weighted by Gasteiger charge is -2.12. The van der Waals surface area contributed by atoms with Gasteiger partial charge in [0.25, 0.3) is 0 Å². The first-order chi connectivity index (χ1) is 10.0. The molecule has 0 saturated heterocycles. The van der Waals surface area contributed by atoms with E-state index in [4.69, 9.17) is 11.6 Å². The lowest BCUT2D eigenvalue weighted by atomic mass is 9.97. The van der Waals surface area contributed by atoms with Crippen molar-refractivity contribution in [3.63, 3.8) is 0 Å². The minimum atomic E-state index is -0.210. The standard InChI is InChI=1S/C18H19ClFN/c1-11-7-12(2)18(17(20)8-11)15-6-3-13(9-16(15)19)10-21-14-4-5-14/h3,6-9,14,21H,4-5,10H2,1-2H3. The summed E-state index contributed by atoms with van der Waals surface area (Å²) in [6.07, 6.45) is 2.53. The molecule has 1 saturated carbocycles. The quantitative estimate of drug-likeness (QED) is 0.836. The van der Waals surface area contributed by atoms with Gasteiger partial charge in [-0.3, -0.25) is 0 Å².